The van der Waals surface area contributed by atoms with Gasteiger partial charge in [0.2, 0.25) is 22.8 Å². The Bertz CT molecular complexity index is 3110. The van der Waals surface area contributed by atoms with Crippen molar-refractivity contribution < 1.29 is 18.3 Å². The molecule has 412 valence electrons. The molecule has 0 N–H and O–H groups in total. The molecule has 0 atom stereocenters. The Labute approximate surface area is 475 Å². The molecule has 0 aliphatic heterocycles. The SMILES string of the molecule is Cc1cc(C(C)C)ccc1-c1ccc(C(C)C)c[n+]1C.Cc1ccc(-c2ccc(CC(C)(C)C)c[n+]2C)c(C)c1.Cc1ccc(-c2ccc(CC(C)C)c[n+]2C)c(C)c1.Cc1ccc(-c2ccc(CC(C)C)cc2C)[n+](C)c1. The average Bonchev–Trinajstić information content (AvgIpc) is 3.35. The van der Waals surface area contributed by atoms with E-state index in [-0.39, 0.29) is 0 Å². The van der Waals surface area contributed by atoms with Crippen LogP contribution in [0.15, 0.2) is 146 Å². The third kappa shape index (κ3) is 18.0. The molecule has 0 spiro atoms. The molecule has 0 aliphatic carbocycles. The molecule has 0 fully saturated rings. The van der Waals surface area contributed by atoms with Gasteiger partial charge in [-0.3, -0.25) is 0 Å². The van der Waals surface area contributed by atoms with Gasteiger partial charge in [0.15, 0.2) is 24.8 Å². The molecule has 0 bridgehead atoms. The van der Waals surface area contributed by atoms with Crippen molar-refractivity contribution in [3.05, 3.63) is 213 Å². The van der Waals surface area contributed by atoms with Crippen LogP contribution in [0.4, 0.5) is 0 Å². The highest BCUT2D eigenvalue weighted by molar-refractivity contribution is 5.64. The van der Waals surface area contributed by atoms with E-state index in [2.05, 4.69) is 317 Å². The summed E-state index contributed by atoms with van der Waals surface area (Å²) in [5, 5.41) is 0. The van der Waals surface area contributed by atoms with Gasteiger partial charge < -0.3 is 0 Å². The number of hydrogen-bond donors (Lipinski definition) is 0. The summed E-state index contributed by atoms with van der Waals surface area (Å²) < 4.78 is 8.95. The van der Waals surface area contributed by atoms with Gasteiger partial charge in [-0.1, -0.05) is 136 Å². The normalized spacial score (nSPS) is 11.3. The van der Waals surface area contributed by atoms with Crippen LogP contribution in [0.5, 0.6) is 0 Å². The summed E-state index contributed by atoms with van der Waals surface area (Å²) in [6.45, 7) is 40.1. The second-order valence-electron chi connectivity index (χ2n) is 25.3. The fourth-order valence-electron chi connectivity index (χ4n) is 10.6. The van der Waals surface area contributed by atoms with Crippen molar-refractivity contribution in [1.82, 2.24) is 0 Å². The smallest absolute Gasteiger partial charge is 0.201 e. The number of nitrogens with zero attached hydrogens (tertiary/aromatic N) is 4. The first-order chi connectivity index (χ1) is 36.6. The Morgan fingerprint density at radius 3 is 1.09 bits per heavy atom. The van der Waals surface area contributed by atoms with Gasteiger partial charge in [-0.15, -0.1) is 0 Å². The third-order valence-electron chi connectivity index (χ3n) is 14.6. The molecule has 0 radical (unpaired) electrons. The van der Waals surface area contributed by atoms with Crippen molar-refractivity contribution in [2.45, 2.75) is 156 Å². The number of aryl methyl sites for hydroxylation is 11. The van der Waals surface area contributed by atoms with Crippen LogP contribution in [-0.4, -0.2) is 0 Å². The van der Waals surface area contributed by atoms with Crippen molar-refractivity contribution in [3.63, 3.8) is 0 Å². The fraction of sp³-hybridized carbons (Fsp3) is 0.405. The topological polar surface area (TPSA) is 15.5 Å². The Morgan fingerprint density at radius 2 is 0.679 bits per heavy atom. The lowest BCUT2D eigenvalue weighted by Crippen LogP contribution is -2.32. The fourth-order valence-corrected chi connectivity index (χ4v) is 10.6. The molecule has 78 heavy (non-hydrogen) atoms. The summed E-state index contributed by atoms with van der Waals surface area (Å²) in [6.07, 6.45) is 12.3. The van der Waals surface area contributed by atoms with Gasteiger partial charge in [0.25, 0.3) is 0 Å². The van der Waals surface area contributed by atoms with E-state index in [4.69, 9.17) is 0 Å². The molecule has 0 amide bonds. The second-order valence-corrected chi connectivity index (χ2v) is 25.3. The number of rotatable bonds is 11. The lowest BCUT2D eigenvalue weighted by atomic mass is 9.88. The van der Waals surface area contributed by atoms with Crippen molar-refractivity contribution in [2.75, 3.05) is 0 Å². The molecule has 0 saturated heterocycles. The molecule has 4 heteroatoms. The van der Waals surface area contributed by atoms with E-state index in [9.17, 15) is 0 Å². The number of benzene rings is 4. The number of hydrogen-bond acceptors (Lipinski definition) is 0. The van der Waals surface area contributed by atoms with E-state index in [1.807, 2.05) is 0 Å². The Hall–Kier alpha value is -6.52. The number of pyridine rings is 4. The summed E-state index contributed by atoms with van der Waals surface area (Å²) in [6, 6.07) is 44.9. The molecule has 8 rings (SSSR count). The van der Waals surface area contributed by atoms with Crippen LogP contribution >= 0.6 is 0 Å². The zero-order chi connectivity index (χ0) is 57.8. The maximum atomic E-state index is 2.33. The largest absolute Gasteiger partial charge is 0.212 e. The third-order valence-corrected chi connectivity index (χ3v) is 14.6. The Morgan fingerprint density at radius 1 is 0.333 bits per heavy atom. The molecular formula is C74H100N4+4. The van der Waals surface area contributed by atoms with Crippen LogP contribution in [0.25, 0.3) is 45.0 Å². The van der Waals surface area contributed by atoms with Crippen LogP contribution in [0, 0.1) is 65.7 Å². The quantitative estimate of drug-likeness (QED) is 0.115. The van der Waals surface area contributed by atoms with Crippen molar-refractivity contribution in [2.24, 2.45) is 45.4 Å². The van der Waals surface area contributed by atoms with Crippen LogP contribution < -0.4 is 18.3 Å². The van der Waals surface area contributed by atoms with E-state index in [1.165, 1.54) is 112 Å². The minimum atomic E-state index is 0.328. The maximum Gasteiger partial charge on any atom is 0.212 e. The van der Waals surface area contributed by atoms with E-state index in [1.54, 1.807) is 0 Å². The van der Waals surface area contributed by atoms with Crippen LogP contribution in [0.2, 0.25) is 0 Å². The first kappa shape index (κ1) is 62.3. The van der Waals surface area contributed by atoms with Crippen LogP contribution in [0.3, 0.4) is 0 Å². The first-order valence-corrected chi connectivity index (χ1v) is 28.9. The summed E-state index contributed by atoms with van der Waals surface area (Å²) in [5.41, 5.74) is 27.1. The van der Waals surface area contributed by atoms with Crippen LogP contribution in [-0.2, 0) is 47.5 Å². The standard InChI is InChI=1S/2C19H26N.2C18H24N/c1-14-7-9-17(15(2)11-14)18-10-8-16(13-20(18)6)12-19(3,4)5;1-13(2)16-7-9-18(15(5)11-16)19-10-8-17(14(3)4)12-20(19)6;1-13(2)10-16-7-8-17(15(4)11-16)18-9-6-14(3)12-19(18)5;1-13(2)10-16-7-9-18(19(5)12-16)17-8-6-14(3)11-15(17)4/h7-11,13H,12H2,1-6H3;7-14H,1-6H3;2*6-9,11-13H,10H2,1-5H3/q4*+1. The summed E-state index contributed by atoms with van der Waals surface area (Å²) >= 11 is 0. The molecule has 4 heterocycles. The Kier molecular flexibility index (Phi) is 22.3. The van der Waals surface area contributed by atoms with Gasteiger partial charge in [0, 0.05) is 68.8 Å². The molecule has 4 aromatic heterocycles. The summed E-state index contributed by atoms with van der Waals surface area (Å²) in [5.74, 6) is 2.56. The van der Waals surface area contributed by atoms with Gasteiger partial charge in [0.1, 0.15) is 28.2 Å². The lowest BCUT2D eigenvalue weighted by molar-refractivity contribution is -0.661. The van der Waals surface area contributed by atoms with Crippen molar-refractivity contribution in [1.29, 1.82) is 0 Å². The van der Waals surface area contributed by atoms with E-state index in [0.717, 1.165) is 19.3 Å². The van der Waals surface area contributed by atoms with Gasteiger partial charge in [0.05, 0.1) is 0 Å². The number of aromatic nitrogens is 4. The molecule has 0 aliphatic rings. The summed E-state index contributed by atoms with van der Waals surface area (Å²) in [4.78, 5) is 0. The van der Waals surface area contributed by atoms with E-state index >= 15 is 0 Å². The Balaban J connectivity index is 0.000000192. The van der Waals surface area contributed by atoms with Crippen molar-refractivity contribution in [3.8, 4) is 45.0 Å². The van der Waals surface area contributed by atoms with Gasteiger partial charge in [-0.2, -0.15) is 0 Å². The zero-order valence-corrected chi connectivity index (χ0v) is 52.6. The highest BCUT2D eigenvalue weighted by atomic mass is 14.9. The van der Waals surface area contributed by atoms with E-state index < -0.39 is 0 Å². The molecule has 0 unspecified atom stereocenters. The van der Waals surface area contributed by atoms with Gasteiger partial charge in [-0.05, 0) is 179 Å². The highest BCUT2D eigenvalue weighted by Crippen LogP contribution is 2.28. The molecule has 4 nitrogen and oxygen atoms in total. The molecular weight excluding hydrogens is 945 g/mol. The molecule has 4 aromatic carbocycles. The predicted molar refractivity (Wildman–Crippen MR) is 334 cm³/mol. The van der Waals surface area contributed by atoms with Crippen molar-refractivity contribution >= 4 is 0 Å². The molecule has 0 saturated carbocycles. The zero-order valence-electron chi connectivity index (χ0n) is 52.6. The lowest BCUT2D eigenvalue weighted by Gasteiger charge is -2.17. The summed E-state index contributed by atoms with van der Waals surface area (Å²) in [7, 11) is 8.53. The minimum Gasteiger partial charge on any atom is -0.201 e. The second kappa shape index (κ2) is 27.9. The molecule has 8 aromatic rings. The highest BCUT2D eigenvalue weighted by Gasteiger charge is 2.19. The van der Waals surface area contributed by atoms with E-state index in [0.29, 0.717) is 29.1 Å². The van der Waals surface area contributed by atoms with Gasteiger partial charge in [-0.25, -0.2) is 18.3 Å². The van der Waals surface area contributed by atoms with Crippen LogP contribution in [0.1, 0.15) is 155 Å². The monoisotopic (exact) mass is 1040 g/mol. The van der Waals surface area contributed by atoms with Gasteiger partial charge >= 0.3 is 0 Å². The maximum absolute atomic E-state index is 2.33. The minimum absolute atomic E-state index is 0.328. The first-order valence-electron chi connectivity index (χ1n) is 28.9. The predicted octanol–water partition coefficient (Wildman–Crippen LogP) is 17.1. The average molecular weight is 1050 g/mol.